The number of fused-ring (bicyclic) bond motifs is 5. The van der Waals surface area contributed by atoms with Gasteiger partial charge in [0.1, 0.15) is 23.9 Å². The third-order valence-corrected chi connectivity index (χ3v) is 12.4. The van der Waals surface area contributed by atoms with Crippen LogP contribution < -0.4 is 5.32 Å². The molecule has 0 spiro atoms. The van der Waals surface area contributed by atoms with E-state index in [-0.39, 0.29) is 62.4 Å². The Morgan fingerprint density at radius 3 is 2.07 bits per heavy atom. The van der Waals surface area contributed by atoms with E-state index in [0.29, 0.717) is 5.56 Å². The zero-order chi connectivity index (χ0) is 43.0. The summed E-state index contributed by atoms with van der Waals surface area (Å²) in [5.41, 5.74) is -7.22. The van der Waals surface area contributed by atoms with E-state index in [9.17, 15) is 39.3 Å². The number of esters is 4. The molecule has 2 aromatic rings. The number of aliphatic hydroxyl groups is 3. The van der Waals surface area contributed by atoms with Crippen LogP contribution in [0.15, 0.2) is 71.8 Å². The van der Waals surface area contributed by atoms with E-state index >= 15 is 4.79 Å². The van der Waals surface area contributed by atoms with Crippen LogP contribution in [0.25, 0.3) is 0 Å². The SMILES string of the molecule is CC(=O)O[C@H]1C(=O)[C@@]2(C)[C@H]([C@H](OC(=O)c3ccccc3)[C@]3(O)C[C@H](OC(=O)[C@H](O)[C@@H](N[C-]=O)c4ccccc4)C(C)=C1C3(C)C)[C@]1(OC(C)=O)CO[C@@H]1C[C@@H]2O.[CH-]=O.[Y]. The molecule has 0 unspecified atom stereocenters. The first-order valence-electron chi connectivity index (χ1n) is 18.5. The molecule has 11 atom stereocenters. The summed E-state index contributed by atoms with van der Waals surface area (Å²) in [6.45, 7) is 11.2. The van der Waals surface area contributed by atoms with Crippen molar-refractivity contribution in [3.8, 4) is 0 Å². The van der Waals surface area contributed by atoms with Gasteiger partial charge in [-0.3, -0.25) is 21.2 Å². The number of ether oxygens (including phenoxy) is 5. The van der Waals surface area contributed by atoms with Gasteiger partial charge in [-0.05, 0) is 42.7 Å². The summed E-state index contributed by atoms with van der Waals surface area (Å²) >= 11 is 0. The quantitative estimate of drug-likeness (QED) is 0.0663. The molecule has 16 nitrogen and oxygen atoms in total. The van der Waals surface area contributed by atoms with Gasteiger partial charge in [0.15, 0.2) is 23.6 Å². The molecule has 6 rings (SSSR count). The number of hydrogen-bond acceptors (Lipinski definition) is 15. The summed E-state index contributed by atoms with van der Waals surface area (Å²) in [6.07, 6.45) is -8.89. The number of carbonyl (C=O) groups is 5. The summed E-state index contributed by atoms with van der Waals surface area (Å²) in [4.78, 5) is 88.3. The standard InChI is InChI=1S/C41H46NO14.CHO.Y/c1-21-26(54-37(50)31(47)30(42-20-43)24-13-9-7-10-14-24)18-41(51)35(55-36(49)25-15-11-8-12-16-25)33-39(6,27(46)17-28-40(33,19-52-28)56-23(3)45)34(48)32(53-22(2)44)29(21)38(41,4)5;1-2;/h7-16,26-28,30-33,35,46-47,51H,17-19H2,1-6H3,(H,42,43);1H;/q2*-1;/t26-,27-,28+,30-,31+,32+,33-,35-,39+,40-,41+;;/m0../s1. The van der Waals surface area contributed by atoms with Gasteiger partial charge in [0.2, 0.25) is 0 Å². The molecule has 2 saturated carbocycles. The minimum absolute atomic E-state index is 0. The molecular formula is C42H47NO15Y-2. The van der Waals surface area contributed by atoms with Crippen molar-refractivity contribution in [2.75, 3.05) is 6.61 Å². The molecule has 315 valence electrons. The molecule has 1 radical (unpaired) electrons. The molecule has 4 N–H and O–H groups in total. The average Bonchev–Trinajstić information content (AvgIpc) is 3.19. The Balaban J connectivity index is 0.00000252. The second-order valence-corrected chi connectivity index (χ2v) is 15.8. The van der Waals surface area contributed by atoms with Crippen molar-refractivity contribution in [1.29, 1.82) is 0 Å². The Morgan fingerprint density at radius 2 is 1.54 bits per heavy atom. The predicted molar refractivity (Wildman–Crippen MR) is 199 cm³/mol. The Bertz CT molecular complexity index is 1960. The summed E-state index contributed by atoms with van der Waals surface area (Å²) in [5.74, 6) is -6.23. The molecule has 4 aliphatic rings. The van der Waals surface area contributed by atoms with Gasteiger partial charge in [0.25, 0.3) is 0 Å². The van der Waals surface area contributed by atoms with Crippen molar-refractivity contribution in [2.24, 2.45) is 16.7 Å². The third-order valence-electron chi connectivity index (χ3n) is 12.4. The molecule has 2 aromatic carbocycles. The molecule has 1 saturated heterocycles. The molecule has 59 heavy (non-hydrogen) atoms. The fraction of sp³-hybridized carbons (Fsp3) is 0.500. The van der Waals surface area contributed by atoms with Gasteiger partial charge < -0.3 is 53.9 Å². The summed E-state index contributed by atoms with van der Waals surface area (Å²) in [6, 6.07) is 14.6. The third kappa shape index (κ3) is 8.07. The zero-order valence-electron chi connectivity index (χ0n) is 33.4. The van der Waals surface area contributed by atoms with Gasteiger partial charge in [-0.15, -0.1) is 0 Å². The van der Waals surface area contributed by atoms with E-state index < -0.39 is 107 Å². The molecule has 0 aromatic heterocycles. The van der Waals surface area contributed by atoms with Crippen molar-refractivity contribution in [3.05, 3.63) is 82.9 Å². The van der Waals surface area contributed by atoms with Crippen LogP contribution in [-0.4, -0.2) is 113 Å². The van der Waals surface area contributed by atoms with Gasteiger partial charge >= 0.3 is 23.9 Å². The molecule has 1 heterocycles. The van der Waals surface area contributed by atoms with Gasteiger partial charge in [-0.25, -0.2) is 9.59 Å². The molecule has 1 amide bonds. The van der Waals surface area contributed by atoms with Crippen LogP contribution in [0.4, 0.5) is 0 Å². The van der Waals surface area contributed by atoms with Crippen molar-refractivity contribution in [1.82, 2.24) is 5.32 Å². The largest absolute Gasteiger partial charge is 0.545 e. The van der Waals surface area contributed by atoms with Crippen LogP contribution in [0.5, 0.6) is 0 Å². The maximum Gasteiger partial charge on any atom is 0.338 e. The topological polar surface area (TPSA) is 238 Å². The molecule has 3 fully saturated rings. The molecule has 2 bridgehead atoms. The minimum atomic E-state index is -2.37. The Labute approximate surface area is 366 Å². The van der Waals surface area contributed by atoms with E-state index in [0.717, 1.165) is 13.8 Å². The minimum Gasteiger partial charge on any atom is -0.545 e. The average molecular weight is 895 g/mol. The number of Topliss-reactive ketones (excluding diaryl/α,β-unsaturated/α-hetero) is 1. The zero-order valence-corrected chi connectivity index (χ0v) is 36.2. The summed E-state index contributed by atoms with van der Waals surface area (Å²) in [7, 11) is 0. The Kier molecular flexibility index (Phi) is 14.7. The van der Waals surface area contributed by atoms with Crippen molar-refractivity contribution >= 4 is 42.9 Å². The van der Waals surface area contributed by atoms with Gasteiger partial charge in [0, 0.05) is 64.8 Å². The van der Waals surface area contributed by atoms with Crippen LogP contribution in [0.3, 0.4) is 0 Å². The first-order valence-corrected chi connectivity index (χ1v) is 18.5. The number of rotatable bonds is 10. The monoisotopic (exact) mass is 894 g/mol. The summed E-state index contributed by atoms with van der Waals surface area (Å²) in [5, 5.41) is 39.1. The van der Waals surface area contributed by atoms with E-state index in [1.54, 1.807) is 62.4 Å². The van der Waals surface area contributed by atoms with E-state index in [1.807, 2.05) is 0 Å². The number of ketones is 1. The Morgan fingerprint density at radius 1 is 0.949 bits per heavy atom. The number of carbonyl (C=O) groups excluding carboxylic acids is 7. The second kappa shape index (κ2) is 18.2. The summed E-state index contributed by atoms with van der Waals surface area (Å²) < 4.78 is 29.9. The predicted octanol–water partition coefficient (Wildman–Crippen LogP) is 1.69. The molecule has 1 aliphatic heterocycles. The molecule has 17 heteroatoms. The number of amides is 1. The fourth-order valence-corrected chi connectivity index (χ4v) is 9.43. The number of benzene rings is 2. The maximum atomic E-state index is 15.3. The first kappa shape index (κ1) is 47.5. The van der Waals surface area contributed by atoms with Crippen molar-refractivity contribution < 1.29 is 105 Å². The van der Waals surface area contributed by atoms with Gasteiger partial charge in [-0.1, -0.05) is 62.4 Å². The van der Waals surface area contributed by atoms with Gasteiger partial charge in [0.05, 0.1) is 35.6 Å². The first-order chi connectivity index (χ1) is 27.3. The number of hydrogen-bond donors (Lipinski definition) is 4. The molecular weight excluding hydrogens is 847 g/mol. The normalized spacial score (nSPS) is 32.4. The van der Waals surface area contributed by atoms with Gasteiger partial charge in [-0.2, -0.15) is 6.41 Å². The van der Waals surface area contributed by atoms with E-state index in [4.69, 9.17) is 28.5 Å². The van der Waals surface area contributed by atoms with Crippen LogP contribution >= 0.6 is 0 Å². The van der Waals surface area contributed by atoms with Crippen molar-refractivity contribution in [2.45, 2.75) is 108 Å². The second-order valence-electron chi connectivity index (χ2n) is 15.8. The smallest absolute Gasteiger partial charge is 0.338 e. The fourth-order valence-electron chi connectivity index (χ4n) is 9.43. The van der Waals surface area contributed by atoms with Crippen molar-refractivity contribution in [3.63, 3.8) is 0 Å². The maximum absolute atomic E-state index is 15.3. The number of nitrogens with one attached hydrogen (secondary N) is 1. The van der Waals surface area contributed by atoms with Crippen LogP contribution in [-0.2, 0) is 85.2 Å². The van der Waals surface area contributed by atoms with Crippen LogP contribution in [0.2, 0.25) is 0 Å². The van der Waals surface area contributed by atoms with Crippen LogP contribution in [0.1, 0.15) is 76.3 Å². The van der Waals surface area contributed by atoms with E-state index in [2.05, 4.69) is 12.1 Å². The number of aliphatic hydroxyl groups excluding tert-OH is 2. The van der Waals surface area contributed by atoms with Crippen LogP contribution in [0, 0.1) is 16.7 Å². The van der Waals surface area contributed by atoms with E-state index in [1.165, 1.54) is 32.4 Å². The Hall–Kier alpha value is -4.19. The molecule has 3 aliphatic carbocycles.